The van der Waals surface area contributed by atoms with Gasteiger partial charge in [0.15, 0.2) is 5.96 Å². The van der Waals surface area contributed by atoms with E-state index in [0.717, 1.165) is 75.2 Å². The van der Waals surface area contributed by atoms with E-state index in [-0.39, 0.29) is 24.0 Å². The van der Waals surface area contributed by atoms with E-state index in [1.54, 1.807) is 0 Å². The van der Waals surface area contributed by atoms with Crippen LogP contribution >= 0.6 is 24.0 Å². The van der Waals surface area contributed by atoms with Crippen molar-refractivity contribution in [2.45, 2.75) is 46.1 Å². The van der Waals surface area contributed by atoms with Crippen molar-refractivity contribution in [1.29, 1.82) is 0 Å². The fraction of sp³-hybridized carbons (Fsp3) is 0.652. The minimum Gasteiger partial charge on any atom is -0.379 e. The molecule has 1 aromatic heterocycles. The Bertz CT molecular complexity index is 752. The molecular weight excluding hydrogens is 503 g/mol. The number of nitrogens with zero attached hydrogens (tertiary/aromatic N) is 3. The molecule has 8 heteroatoms. The van der Waals surface area contributed by atoms with Crippen LogP contribution in [0, 0.1) is 5.92 Å². The summed E-state index contributed by atoms with van der Waals surface area (Å²) in [4.78, 5) is 15.6. The number of benzene rings is 1. The van der Waals surface area contributed by atoms with Crippen molar-refractivity contribution in [2.75, 3.05) is 45.9 Å². The van der Waals surface area contributed by atoms with E-state index in [1.165, 1.54) is 12.8 Å². The number of para-hydroxylation sites is 2. The third kappa shape index (κ3) is 7.61. The smallest absolute Gasteiger partial charge is 0.191 e. The lowest BCUT2D eigenvalue weighted by atomic mass is 9.92. The molecule has 3 rings (SSSR count). The summed E-state index contributed by atoms with van der Waals surface area (Å²) in [5.41, 5.74) is 2.11. The number of H-pyrrole nitrogens is 1. The van der Waals surface area contributed by atoms with Crippen molar-refractivity contribution < 1.29 is 4.74 Å². The van der Waals surface area contributed by atoms with Gasteiger partial charge in [-0.1, -0.05) is 38.8 Å². The van der Waals surface area contributed by atoms with Crippen LogP contribution in [0.3, 0.4) is 0 Å². The molecule has 31 heavy (non-hydrogen) atoms. The molecule has 174 valence electrons. The molecule has 1 aliphatic heterocycles. The third-order valence-corrected chi connectivity index (χ3v) is 5.98. The zero-order valence-corrected chi connectivity index (χ0v) is 21.5. The van der Waals surface area contributed by atoms with Crippen molar-refractivity contribution in [3.63, 3.8) is 0 Å². The van der Waals surface area contributed by atoms with Crippen molar-refractivity contribution in [3.8, 4) is 0 Å². The van der Waals surface area contributed by atoms with E-state index in [0.29, 0.717) is 12.0 Å². The number of morpholine rings is 1. The average molecular weight is 543 g/mol. The molecule has 2 heterocycles. The van der Waals surface area contributed by atoms with E-state index in [9.17, 15) is 0 Å². The van der Waals surface area contributed by atoms with E-state index >= 15 is 0 Å². The van der Waals surface area contributed by atoms with Gasteiger partial charge in [0.05, 0.1) is 30.8 Å². The second-order valence-electron chi connectivity index (χ2n) is 7.89. The van der Waals surface area contributed by atoms with Crippen molar-refractivity contribution >= 4 is 41.0 Å². The number of halogens is 1. The molecule has 0 saturated carbocycles. The lowest BCUT2D eigenvalue weighted by molar-refractivity contribution is 0.00395. The van der Waals surface area contributed by atoms with E-state index in [2.05, 4.69) is 52.3 Å². The quantitative estimate of drug-likeness (QED) is 0.244. The molecule has 1 atom stereocenters. The molecule has 1 saturated heterocycles. The monoisotopic (exact) mass is 542 g/mol. The highest BCUT2D eigenvalue weighted by Gasteiger charge is 2.26. The average Bonchev–Trinajstić information content (AvgIpc) is 3.20. The Labute approximate surface area is 203 Å². The summed E-state index contributed by atoms with van der Waals surface area (Å²) in [5, 5.41) is 6.88. The minimum atomic E-state index is 0. The van der Waals surface area contributed by atoms with Gasteiger partial charge in [-0.2, -0.15) is 0 Å². The summed E-state index contributed by atoms with van der Waals surface area (Å²) in [6, 6.07) is 8.62. The van der Waals surface area contributed by atoms with Crippen molar-refractivity contribution in [3.05, 3.63) is 30.1 Å². The summed E-state index contributed by atoms with van der Waals surface area (Å²) in [6.45, 7) is 12.8. The molecule has 0 aliphatic carbocycles. The Morgan fingerprint density at radius 3 is 2.58 bits per heavy atom. The van der Waals surface area contributed by atoms with Gasteiger partial charge in [-0.05, 0) is 25.0 Å². The molecule has 1 aromatic carbocycles. The SMILES string of the molecule is CCNC(=NCC(C(CC)CC)N1CCOCC1)NCCc1nc2ccccc2[nH]1.I. The van der Waals surface area contributed by atoms with Crippen LogP contribution in [-0.4, -0.2) is 72.8 Å². The van der Waals surface area contributed by atoms with Crippen LogP contribution in [0.4, 0.5) is 0 Å². The number of guanidine groups is 1. The van der Waals surface area contributed by atoms with Gasteiger partial charge in [-0.3, -0.25) is 9.89 Å². The molecule has 2 aromatic rings. The first-order valence-corrected chi connectivity index (χ1v) is 11.5. The summed E-state index contributed by atoms with van der Waals surface area (Å²) >= 11 is 0. The first-order valence-electron chi connectivity index (χ1n) is 11.5. The summed E-state index contributed by atoms with van der Waals surface area (Å²) in [5.74, 6) is 2.55. The van der Waals surface area contributed by atoms with Crippen molar-refractivity contribution in [1.82, 2.24) is 25.5 Å². The van der Waals surface area contributed by atoms with Crippen LogP contribution in [0.15, 0.2) is 29.3 Å². The van der Waals surface area contributed by atoms with Gasteiger partial charge in [0, 0.05) is 38.6 Å². The fourth-order valence-electron chi connectivity index (χ4n) is 4.25. The number of aromatic amines is 1. The molecule has 1 aliphatic rings. The number of aliphatic imine (C=N–C) groups is 1. The molecule has 1 fully saturated rings. The van der Waals surface area contributed by atoms with Gasteiger partial charge in [-0.25, -0.2) is 4.98 Å². The number of imidazole rings is 1. The summed E-state index contributed by atoms with van der Waals surface area (Å²) in [7, 11) is 0. The van der Waals surface area contributed by atoms with Gasteiger partial charge in [-0.15, -0.1) is 24.0 Å². The summed E-state index contributed by atoms with van der Waals surface area (Å²) in [6.07, 6.45) is 3.20. The Morgan fingerprint density at radius 2 is 1.90 bits per heavy atom. The molecule has 0 bridgehead atoms. The first-order chi connectivity index (χ1) is 14.7. The molecule has 0 radical (unpaired) electrons. The number of fused-ring (bicyclic) bond motifs is 1. The van der Waals surface area contributed by atoms with Gasteiger partial charge in [0.1, 0.15) is 5.82 Å². The maximum Gasteiger partial charge on any atom is 0.191 e. The topological polar surface area (TPSA) is 77.6 Å². The normalized spacial score (nSPS) is 16.3. The Kier molecular flexibility index (Phi) is 11.6. The van der Waals surface area contributed by atoms with Gasteiger partial charge in [0.2, 0.25) is 0 Å². The highest BCUT2D eigenvalue weighted by molar-refractivity contribution is 14.0. The second-order valence-corrected chi connectivity index (χ2v) is 7.89. The fourth-order valence-corrected chi connectivity index (χ4v) is 4.25. The predicted octanol–water partition coefficient (Wildman–Crippen LogP) is 3.42. The van der Waals surface area contributed by atoms with Crippen LogP contribution in [0.5, 0.6) is 0 Å². The van der Waals surface area contributed by atoms with Crippen LogP contribution in [0.25, 0.3) is 11.0 Å². The largest absolute Gasteiger partial charge is 0.379 e. The standard InChI is InChI=1S/C23H38N6O.HI/c1-4-18(5-2)21(29-13-15-30-16-14-29)17-26-23(24-6-3)25-12-11-22-27-19-9-7-8-10-20(19)28-22;/h7-10,18,21H,4-6,11-17H2,1-3H3,(H,27,28)(H2,24,25,26);1H. The molecule has 1 unspecified atom stereocenters. The predicted molar refractivity (Wildman–Crippen MR) is 139 cm³/mol. The van der Waals surface area contributed by atoms with E-state index in [1.807, 2.05) is 18.2 Å². The Morgan fingerprint density at radius 1 is 1.16 bits per heavy atom. The van der Waals surface area contributed by atoms with E-state index in [4.69, 9.17) is 9.73 Å². The minimum absolute atomic E-state index is 0. The van der Waals surface area contributed by atoms with Crippen LogP contribution < -0.4 is 10.6 Å². The maximum atomic E-state index is 5.57. The molecule has 7 nitrogen and oxygen atoms in total. The molecule has 0 spiro atoms. The van der Waals surface area contributed by atoms with Gasteiger partial charge < -0.3 is 20.4 Å². The molecular formula is C23H39IN6O. The lowest BCUT2D eigenvalue weighted by Gasteiger charge is -2.38. The van der Waals surface area contributed by atoms with E-state index < -0.39 is 0 Å². The third-order valence-electron chi connectivity index (χ3n) is 5.98. The zero-order chi connectivity index (χ0) is 21.2. The lowest BCUT2D eigenvalue weighted by Crippen LogP contribution is -2.49. The van der Waals surface area contributed by atoms with Crippen LogP contribution in [-0.2, 0) is 11.2 Å². The number of ether oxygens (including phenoxy) is 1. The Hall–Kier alpha value is -1.39. The summed E-state index contributed by atoms with van der Waals surface area (Å²) < 4.78 is 5.57. The van der Waals surface area contributed by atoms with Crippen LogP contribution in [0.1, 0.15) is 39.4 Å². The van der Waals surface area contributed by atoms with Gasteiger partial charge in [0.25, 0.3) is 0 Å². The van der Waals surface area contributed by atoms with Gasteiger partial charge >= 0.3 is 0 Å². The highest BCUT2D eigenvalue weighted by atomic mass is 127. The Balaban J connectivity index is 0.00000341. The number of hydrogen-bond acceptors (Lipinski definition) is 4. The molecule has 3 N–H and O–H groups in total. The first kappa shape index (κ1) is 25.9. The number of hydrogen-bond donors (Lipinski definition) is 3. The van der Waals surface area contributed by atoms with Crippen LogP contribution in [0.2, 0.25) is 0 Å². The maximum absolute atomic E-state index is 5.57. The number of aromatic nitrogens is 2. The number of nitrogens with one attached hydrogen (secondary N) is 3. The number of rotatable bonds is 10. The molecule has 0 amide bonds. The second kappa shape index (κ2) is 13.9. The highest BCUT2D eigenvalue weighted by Crippen LogP contribution is 2.20. The zero-order valence-electron chi connectivity index (χ0n) is 19.2. The van der Waals surface area contributed by atoms with Crippen molar-refractivity contribution in [2.24, 2.45) is 10.9 Å².